The predicted octanol–water partition coefficient (Wildman–Crippen LogP) is 3.75. The summed E-state index contributed by atoms with van der Waals surface area (Å²) < 4.78 is 28.5. The lowest BCUT2D eigenvalue weighted by atomic mass is 10.1. The minimum absolute atomic E-state index is 0.0902. The number of unbranched alkanes of at least 4 members (excludes halogenated alkanes) is 1. The smallest absolute Gasteiger partial charge is 0.268 e. The number of carbonyl (C=O) groups excluding carboxylic acids is 1. The molecule has 4 nitrogen and oxygen atoms in total. The van der Waals surface area contributed by atoms with Crippen LogP contribution >= 0.6 is 0 Å². The molecule has 1 N–H and O–H groups in total. The molecule has 3 rings (SSSR count). The second-order valence-electron chi connectivity index (χ2n) is 6.65. The van der Waals surface area contributed by atoms with Crippen molar-refractivity contribution in [2.24, 2.45) is 0 Å². The molecular weight excluding hydrogens is 326 g/mol. The number of aromatic nitrogens is 1. The molecule has 1 heterocycles. The molecule has 1 amide bonds. The third kappa shape index (κ3) is 3.57. The van der Waals surface area contributed by atoms with Gasteiger partial charge in [-0.05, 0) is 42.8 Å². The van der Waals surface area contributed by atoms with E-state index in [0.29, 0.717) is 6.54 Å². The molecule has 0 spiro atoms. The average Bonchev–Trinajstić information content (AvgIpc) is 3.08. The van der Waals surface area contributed by atoms with E-state index in [1.807, 2.05) is 6.92 Å². The van der Waals surface area contributed by atoms with Crippen molar-refractivity contribution in [3.05, 3.63) is 45.9 Å². The maximum atomic E-state index is 13.6. The topological polar surface area (TPSA) is 51.1 Å². The highest BCUT2D eigenvalue weighted by molar-refractivity contribution is 5.96. The zero-order valence-electron chi connectivity index (χ0n) is 14.3. The highest BCUT2D eigenvalue weighted by Crippen LogP contribution is 2.20. The van der Waals surface area contributed by atoms with Crippen LogP contribution in [0.2, 0.25) is 0 Å². The number of nitrogens with zero attached hydrogens (tertiary/aromatic N) is 1. The van der Waals surface area contributed by atoms with Crippen molar-refractivity contribution in [3.63, 3.8) is 0 Å². The van der Waals surface area contributed by atoms with Crippen LogP contribution in [-0.2, 0) is 6.54 Å². The van der Waals surface area contributed by atoms with E-state index in [1.165, 1.54) is 10.6 Å². The average molecular weight is 348 g/mol. The minimum atomic E-state index is -1.06. The lowest BCUT2D eigenvalue weighted by Crippen LogP contribution is -2.37. The summed E-state index contributed by atoms with van der Waals surface area (Å²) in [6.07, 6.45) is 5.59. The predicted molar refractivity (Wildman–Crippen MR) is 92.8 cm³/mol. The Morgan fingerprint density at radius 2 is 1.88 bits per heavy atom. The van der Waals surface area contributed by atoms with Crippen LogP contribution in [0.1, 0.15) is 55.9 Å². The molecule has 0 unspecified atom stereocenters. The maximum absolute atomic E-state index is 13.6. The Labute approximate surface area is 144 Å². The van der Waals surface area contributed by atoms with Gasteiger partial charge in [0.25, 0.3) is 11.5 Å². The van der Waals surface area contributed by atoms with E-state index >= 15 is 0 Å². The van der Waals surface area contributed by atoms with Gasteiger partial charge in [-0.3, -0.25) is 9.59 Å². The number of hydrogen-bond acceptors (Lipinski definition) is 2. The molecule has 1 aromatic heterocycles. The number of rotatable bonds is 5. The molecule has 134 valence electrons. The zero-order valence-corrected chi connectivity index (χ0v) is 14.3. The Bertz CT molecular complexity index is 855. The van der Waals surface area contributed by atoms with Gasteiger partial charge in [-0.1, -0.05) is 26.2 Å². The zero-order chi connectivity index (χ0) is 18.0. The number of fused-ring (bicyclic) bond motifs is 1. The van der Waals surface area contributed by atoms with E-state index in [9.17, 15) is 18.4 Å². The number of amides is 1. The lowest BCUT2D eigenvalue weighted by molar-refractivity contribution is 0.0927. The summed E-state index contributed by atoms with van der Waals surface area (Å²) in [5, 5.41) is 3.30. The highest BCUT2D eigenvalue weighted by Gasteiger charge is 2.21. The van der Waals surface area contributed by atoms with Crippen molar-refractivity contribution in [3.8, 4) is 0 Å². The lowest BCUT2D eigenvalue weighted by Gasteiger charge is -2.17. The molecule has 1 saturated carbocycles. The monoisotopic (exact) mass is 348 g/mol. The van der Waals surface area contributed by atoms with Gasteiger partial charge in [-0.2, -0.15) is 0 Å². The number of benzene rings is 1. The molecule has 6 heteroatoms. The van der Waals surface area contributed by atoms with Crippen LogP contribution in [0.25, 0.3) is 10.8 Å². The van der Waals surface area contributed by atoms with E-state index in [2.05, 4.69) is 5.32 Å². The van der Waals surface area contributed by atoms with Crippen molar-refractivity contribution < 1.29 is 13.6 Å². The van der Waals surface area contributed by atoms with Gasteiger partial charge in [0, 0.05) is 12.6 Å². The number of pyridine rings is 1. The number of halogens is 2. The standard InChI is InChI=1S/C19H22F2N2O2/c1-2-3-8-23-17(18(24)22-13-6-4-5-7-13)10-12-9-15(20)16(21)11-14(12)19(23)25/h9-11,13H,2-8H2,1H3,(H,22,24). The van der Waals surface area contributed by atoms with Crippen molar-refractivity contribution in [1.29, 1.82) is 0 Å². The van der Waals surface area contributed by atoms with E-state index < -0.39 is 17.2 Å². The van der Waals surface area contributed by atoms with Crippen LogP contribution in [0.15, 0.2) is 23.0 Å². The first-order chi connectivity index (χ1) is 12.0. The SMILES string of the molecule is CCCCn1c(C(=O)NC2CCCC2)cc2cc(F)c(F)cc2c1=O. The summed E-state index contributed by atoms with van der Waals surface area (Å²) in [7, 11) is 0. The molecule has 0 bridgehead atoms. The Morgan fingerprint density at radius 1 is 1.20 bits per heavy atom. The van der Waals surface area contributed by atoms with Crippen molar-refractivity contribution in [2.45, 2.75) is 58.0 Å². The molecule has 25 heavy (non-hydrogen) atoms. The van der Waals surface area contributed by atoms with E-state index in [0.717, 1.165) is 50.7 Å². The van der Waals surface area contributed by atoms with Crippen LogP contribution in [0.5, 0.6) is 0 Å². The van der Waals surface area contributed by atoms with Crippen LogP contribution in [0.4, 0.5) is 8.78 Å². The Morgan fingerprint density at radius 3 is 2.56 bits per heavy atom. The van der Waals surface area contributed by atoms with Gasteiger partial charge < -0.3 is 9.88 Å². The van der Waals surface area contributed by atoms with Gasteiger partial charge in [0.1, 0.15) is 5.69 Å². The minimum Gasteiger partial charge on any atom is -0.348 e. The summed E-state index contributed by atoms with van der Waals surface area (Å²) in [6.45, 7) is 2.36. The first kappa shape index (κ1) is 17.6. The Balaban J connectivity index is 2.08. The molecule has 1 aliphatic rings. The normalized spacial score (nSPS) is 15.0. The van der Waals surface area contributed by atoms with Crippen LogP contribution in [0.3, 0.4) is 0 Å². The molecule has 0 radical (unpaired) electrons. The first-order valence-corrected chi connectivity index (χ1v) is 8.84. The Hall–Kier alpha value is -2.24. The van der Waals surface area contributed by atoms with Crippen molar-refractivity contribution >= 4 is 16.7 Å². The Kier molecular flexibility index (Phi) is 5.16. The summed E-state index contributed by atoms with van der Waals surface area (Å²) in [5.74, 6) is -2.41. The van der Waals surface area contributed by atoms with Gasteiger partial charge in [-0.15, -0.1) is 0 Å². The van der Waals surface area contributed by atoms with E-state index in [-0.39, 0.29) is 28.4 Å². The number of carbonyl (C=O) groups is 1. The van der Waals surface area contributed by atoms with Gasteiger partial charge in [0.15, 0.2) is 11.6 Å². The summed E-state index contributed by atoms with van der Waals surface area (Å²) in [6, 6.07) is 3.48. The van der Waals surface area contributed by atoms with Gasteiger partial charge in [0.05, 0.1) is 5.39 Å². The first-order valence-electron chi connectivity index (χ1n) is 8.84. The molecular formula is C19H22F2N2O2. The molecule has 0 aliphatic heterocycles. The van der Waals surface area contributed by atoms with E-state index in [1.54, 1.807) is 0 Å². The van der Waals surface area contributed by atoms with Gasteiger partial charge in [0.2, 0.25) is 0 Å². The quantitative estimate of drug-likeness (QED) is 0.895. The maximum Gasteiger partial charge on any atom is 0.268 e. The highest BCUT2D eigenvalue weighted by atomic mass is 19.2. The molecule has 0 saturated heterocycles. The second kappa shape index (κ2) is 7.33. The fourth-order valence-corrected chi connectivity index (χ4v) is 3.40. The fraction of sp³-hybridized carbons (Fsp3) is 0.474. The van der Waals surface area contributed by atoms with Crippen LogP contribution in [-0.4, -0.2) is 16.5 Å². The molecule has 2 aromatic rings. The molecule has 1 aromatic carbocycles. The summed E-state index contributed by atoms with van der Waals surface area (Å²) >= 11 is 0. The van der Waals surface area contributed by atoms with Crippen LogP contribution in [0, 0.1) is 11.6 Å². The van der Waals surface area contributed by atoms with Crippen molar-refractivity contribution in [1.82, 2.24) is 9.88 Å². The third-order valence-corrected chi connectivity index (χ3v) is 4.81. The molecule has 0 atom stereocenters. The number of nitrogens with one attached hydrogen (secondary N) is 1. The third-order valence-electron chi connectivity index (χ3n) is 4.81. The van der Waals surface area contributed by atoms with Gasteiger partial charge >= 0.3 is 0 Å². The van der Waals surface area contributed by atoms with E-state index in [4.69, 9.17) is 0 Å². The number of hydrogen-bond donors (Lipinski definition) is 1. The second-order valence-corrected chi connectivity index (χ2v) is 6.65. The summed E-state index contributed by atoms with van der Waals surface area (Å²) in [4.78, 5) is 25.4. The van der Waals surface area contributed by atoms with Crippen molar-refractivity contribution in [2.75, 3.05) is 0 Å². The van der Waals surface area contributed by atoms with Gasteiger partial charge in [-0.25, -0.2) is 8.78 Å². The molecule has 1 aliphatic carbocycles. The van der Waals surface area contributed by atoms with Crippen LogP contribution < -0.4 is 10.9 Å². The largest absolute Gasteiger partial charge is 0.348 e. The molecule has 1 fully saturated rings. The summed E-state index contributed by atoms with van der Waals surface area (Å²) in [5.41, 5.74) is -0.245. The fourth-order valence-electron chi connectivity index (χ4n) is 3.40.